The van der Waals surface area contributed by atoms with E-state index in [0.717, 1.165) is 6.42 Å². The normalized spacial score (nSPS) is 12.6. The summed E-state index contributed by atoms with van der Waals surface area (Å²) >= 11 is 0. The molecule has 15 heavy (non-hydrogen) atoms. The van der Waals surface area contributed by atoms with Crippen LogP contribution in [0.3, 0.4) is 0 Å². The molecule has 0 radical (unpaired) electrons. The van der Waals surface area contributed by atoms with E-state index in [2.05, 4.69) is 10.3 Å². The Morgan fingerprint density at radius 3 is 2.20 bits per heavy atom. The van der Waals surface area contributed by atoms with Crippen LogP contribution >= 0.6 is 0 Å². The smallest absolute Gasteiger partial charge is 0.388 e. The number of hydrogen-bond acceptors (Lipinski definition) is 1. The third-order valence-corrected chi connectivity index (χ3v) is 1.32. The Morgan fingerprint density at radius 1 is 1.33 bits per heavy atom. The fourth-order valence-corrected chi connectivity index (χ4v) is 0.887. The fraction of sp³-hybridized carbons (Fsp3) is 0.889. The van der Waals surface area contributed by atoms with E-state index in [1.54, 1.807) is 0 Å². The predicted octanol–water partition coefficient (Wildman–Crippen LogP) is 3.53. The number of amidine groups is 1. The van der Waals surface area contributed by atoms with Crippen LogP contribution in [0.25, 0.3) is 5.32 Å². The van der Waals surface area contributed by atoms with Crippen LogP contribution in [-0.4, -0.2) is 24.6 Å². The molecule has 0 spiro atoms. The Labute approximate surface area is 104 Å². The first-order valence-corrected chi connectivity index (χ1v) is 4.66. The van der Waals surface area contributed by atoms with Crippen molar-refractivity contribution in [3.63, 3.8) is 0 Å². The van der Waals surface area contributed by atoms with Crippen molar-refractivity contribution in [2.45, 2.75) is 45.8 Å². The molecule has 0 bridgehead atoms. The van der Waals surface area contributed by atoms with Gasteiger partial charge in [0.2, 0.25) is 0 Å². The van der Waals surface area contributed by atoms with Crippen LogP contribution in [0.4, 0.5) is 13.2 Å². The summed E-state index contributed by atoms with van der Waals surface area (Å²) in [5.74, 6) is 0.319. The largest absolute Gasteiger partial charge is 0.466 e. The maximum Gasteiger partial charge on any atom is 0.388 e. The van der Waals surface area contributed by atoms with Crippen molar-refractivity contribution in [1.82, 2.24) is 0 Å². The minimum atomic E-state index is -4.23. The monoisotopic (exact) mass is 257 g/mol. The Balaban J connectivity index is 0. The molecule has 0 atom stereocenters. The number of rotatable bonds is 4. The summed E-state index contributed by atoms with van der Waals surface area (Å²) in [7, 11) is 0. The molecule has 0 saturated carbocycles. The molecule has 0 N–H and O–H groups in total. The number of halogens is 3. The van der Waals surface area contributed by atoms with Gasteiger partial charge in [-0.15, -0.1) is 0 Å². The van der Waals surface area contributed by atoms with Gasteiger partial charge in [-0.3, -0.25) is 0 Å². The summed E-state index contributed by atoms with van der Waals surface area (Å²) < 4.78 is 35.5. The van der Waals surface area contributed by atoms with Gasteiger partial charge in [0.05, 0.1) is 0 Å². The molecule has 0 heterocycles. The van der Waals surface area contributed by atoms with Gasteiger partial charge < -0.3 is 10.3 Å². The average molecular weight is 257 g/mol. The summed E-state index contributed by atoms with van der Waals surface area (Å²) in [4.78, 5) is 4.02. The molecule has 0 amide bonds. The molecule has 0 fully saturated rings. The molecule has 0 aliphatic carbocycles. The molecule has 0 aromatic carbocycles. The van der Waals surface area contributed by atoms with Gasteiger partial charge in [-0.1, -0.05) is 33.0 Å². The molecule has 0 aromatic heterocycles. The third kappa shape index (κ3) is 11.9. The van der Waals surface area contributed by atoms with E-state index in [4.69, 9.17) is 0 Å². The SMILES string of the molecule is CCCC(=NC(C)C)[N-]CC(F)(F)F.[Ti]. The van der Waals surface area contributed by atoms with Crippen LogP contribution in [0, 0.1) is 0 Å². The van der Waals surface area contributed by atoms with Crippen LogP contribution in [0.1, 0.15) is 33.6 Å². The maximum absolute atomic E-state index is 11.8. The molecule has 6 heteroatoms. The topological polar surface area (TPSA) is 26.5 Å². The zero-order valence-electron chi connectivity index (χ0n) is 9.23. The van der Waals surface area contributed by atoms with Crippen molar-refractivity contribution in [2.75, 3.05) is 6.54 Å². The van der Waals surface area contributed by atoms with E-state index in [-0.39, 0.29) is 27.8 Å². The third-order valence-electron chi connectivity index (χ3n) is 1.32. The average Bonchev–Trinajstić information content (AvgIpc) is 1.98. The Hall–Kier alpha value is -0.0257. The molecular formula is C9H16F3N2Ti-. The Bertz CT molecular complexity index is 190. The van der Waals surface area contributed by atoms with Crippen molar-refractivity contribution in [2.24, 2.45) is 4.99 Å². The first kappa shape index (κ1) is 17.4. The van der Waals surface area contributed by atoms with Crippen molar-refractivity contribution in [1.29, 1.82) is 0 Å². The predicted molar refractivity (Wildman–Crippen MR) is 51.8 cm³/mol. The van der Waals surface area contributed by atoms with E-state index >= 15 is 0 Å². The van der Waals surface area contributed by atoms with E-state index in [0.29, 0.717) is 12.3 Å². The zero-order chi connectivity index (χ0) is 11.2. The molecule has 0 unspecified atom stereocenters. The molecule has 0 aliphatic heterocycles. The van der Waals surface area contributed by atoms with E-state index in [1.807, 2.05) is 20.8 Å². The quantitative estimate of drug-likeness (QED) is 0.418. The maximum atomic E-state index is 11.8. The van der Waals surface area contributed by atoms with Gasteiger partial charge in [-0.25, -0.2) is 0 Å². The molecule has 0 aromatic rings. The second kappa shape index (κ2) is 8.16. The second-order valence-corrected chi connectivity index (χ2v) is 3.32. The summed E-state index contributed by atoms with van der Waals surface area (Å²) in [6, 6.07) is -0.00599. The van der Waals surface area contributed by atoms with Gasteiger partial charge in [0.1, 0.15) is 0 Å². The van der Waals surface area contributed by atoms with Gasteiger partial charge in [0.15, 0.2) is 0 Å². The summed E-state index contributed by atoms with van der Waals surface area (Å²) in [5.41, 5.74) is 0. The standard InChI is InChI=1S/C9H16F3N2.Ti/c1-4-5-8(14-7(2)3)13-6-9(10,11)12;/h7H,4-6H2,1-3H3;/q-1;. The van der Waals surface area contributed by atoms with Gasteiger partial charge in [-0.05, 0) is 12.5 Å². The number of hydrogen-bond donors (Lipinski definition) is 0. The van der Waals surface area contributed by atoms with Crippen LogP contribution in [0.5, 0.6) is 0 Å². The summed E-state index contributed by atoms with van der Waals surface area (Å²) in [6.07, 6.45) is -2.97. The molecular weight excluding hydrogens is 241 g/mol. The molecule has 0 aliphatic rings. The Morgan fingerprint density at radius 2 is 1.87 bits per heavy atom. The van der Waals surface area contributed by atoms with Crippen LogP contribution in [-0.2, 0) is 21.7 Å². The molecule has 0 saturated heterocycles. The van der Waals surface area contributed by atoms with Crippen LogP contribution in [0.2, 0.25) is 0 Å². The van der Waals surface area contributed by atoms with E-state index in [1.165, 1.54) is 0 Å². The van der Waals surface area contributed by atoms with Gasteiger partial charge >= 0.3 is 6.18 Å². The number of aliphatic imine (C=N–C) groups is 1. The van der Waals surface area contributed by atoms with Crippen molar-refractivity contribution < 1.29 is 34.9 Å². The number of nitrogens with zero attached hydrogens (tertiary/aromatic N) is 2. The fourth-order valence-electron chi connectivity index (χ4n) is 0.887. The van der Waals surface area contributed by atoms with E-state index in [9.17, 15) is 13.2 Å². The minimum Gasteiger partial charge on any atom is -0.466 e. The zero-order valence-corrected chi connectivity index (χ0v) is 10.8. The summed E-state index contributed by atoms with van der Waals surface area (Å²) in [5, 5.41) is 3.45. The minimum absolute atomic E-state index is 0. The van der Waals surface area contributed by atoms with Gasteiger partial charge in [-0.2, -0.15) is 13.2 Å². The van der Waals surface area contributed by atoms with Crippen molar-refractivity contribution >= 4 is 5.84 Å². The van der Waals surface area contributed by atoms with Crippen molar-refractivity contribution in [3.05, 3.63) is 5.32 Å². The number of alkyl halides is 3. The summed E-state index contributed by atoms with van der Waals surface area (Å²) in [6.45, 7) is 4.40. The van der Waals surface area contributed by atoms with Crippen LogP contribution in [0.15, 0.2) is 4.99 Å². The first-order chi connectivity index (χ1) is 6.35. The van der Waals surface area contributed by atoms with Gasteiger partial charge in [0, 0.05) is 28.3 Å². The molecule has 88 valence electrons. The van der Waals surface area contributed by atoms with Crippen molar-refractivity contribution in [3.8, 4) is 0 Å². The molecule has 2 nitrogen and oxygen atoms in total. The Kier molecular flexibility index (Phi) is 9.45. The molecule has 0 rings (SSSR count). The van der Waals surface area contributed by atoms with E-state index < -0.39 is 12.7 Å². The first-order valence-electron chi connectivity index (χ1n) is 4.66. The van der Waals surface area contributed by atoms with Gasteiger partial charge in [0.25, 0.3) is 0 Å². The van der Waals surface area contributed by atoms with Crippen LogP contribution < -0.4 is 0 Å². The second-order valence-electron chi connectivity index (χ2n) is 3.32.